The SMILES string of the molecule is Cc1cc2cc3nc([N+](=O)[O-])ccc3cc2[nH]1. The molecule has 17 heavy (non-hydrogen) atoms. The zero-order valence-electron chi connectivity index (χ0n) is 9.10. The van der Waals surface area contributed by atoms with Crippen LogP contribution in [0.15, 0.2) is 30.3 Å². The molecule has 0 spiro atoms. The molecule has 0 atom stereocenters. The Morgan fingerprint density at radius 3 is 2.82 bits per heavy atom. The van der Waals surface area contributed by atoms with Gasteiger partial charge in [-0.3, -0.25) is 0 Å². The predicted molar refractivity (Wildman–Crippen MR) is 65.0 cm³/mol. The smallest absolute Gasteiger partial charge is 0.359 e. The van der Waals surface area contributed by atoms with Gasteiger partial charge in [0.25, 0.3) is 0 Å². The predicted octanol–water partition coefficient (Wildman–Crippen LogP) is 2.93. The van der Waals surface area contributed by atoms with Crippen molar-refractivity contribution in [2.45, 2.75) is 6.92 Å². The minimum absolute atomic E-state index is 0.121. The van der Waals surface area contributed by atoms with E-state index in [1.807, 2.05) is 25.1 Å². The number of nitrogens with one attached hydrogen (secondary N) is 1. The van der Waals surface area contributed by atoms with Crippen LogP contribution in [0.2, 0.25) is 0 Å². The molecule has 0 amide bonds. The van der Waals surface area contributed by atoms with Gasteiger partial charge in [0.1, 0.15) is 0 Å². The van der Waals surface area contributed by atoms with Crippen molar-refractivity contribution < 1.29 is 4.92 Å². The van der Waals surface area contributed by atoms with Crippen LogP contribution in [0, 0.1) is 17.0 Å². The van der Waals surface area contributed by atoms with Gasteiger partial charge in [-0.05, 0) is 41.1 Å². The van der Waals surface area contributed by atoms with Gasteiger partial charge in [-0.25, -0.2) is 0 Å². The van der Waals surface area contributed by atoms with Gasteiger partial charge >= 0.3 is 5.82 Å². The highest BCUT2D eigenvalue weighted by atomic mass is 16.6. The Morgan fingerprint density at radius 2 is 2.06 bits per heavy atom. The summed E-state index contributed by atoms with van der Waals surface area (Å²) in [5.74, 6) is -0.121. The molecule has 0 saturated heterocycles. The number of hydrogen-bond acceptors (Lipinski definition) is 3. The van der Waals surface area contributed by atoms with E-state index < -0.39 is 4.92 Å². The molecule has 1 aromatic carbocycles. The minimum Gasteiger partial charge on any atom is -0.359 e. The summed E-state index contributed by atoms with van der Waals surface area (Å²) in [6.45, 7) is 1.97. The Balaban J connectivity index is 2.35. The Kier molecular flexibility index (Phi) is 1.89. The van der Waals surface area contributed by atoms with Crippen molar-refractivity contribution in [2.75, 3.05) is 0 Å². The van der Waals surface area contributed by atoms with E-state index in [1.165, 1.54) is 6.07 Å². The molecule has 0 fully saturated rings. The second-order valence-corrected chi connectivity index (χ2v) is 4.01. The van der Waals surface area contributed by atoms with Gasteiger partial charge in [0.05, 0.1) is 0 Å². The number of rotatable bonds is 1. The van der Waals surface area contributed by atoms with Gasteiger partial charge in [-0.15, -0.1) is 0 Å². The molecule has 5 heteroatoms. The second kappa shape index (κ2) is 3.28. The normalized spacial score (nSPS) is 11.1. The Labute approximate surface area is 96.2 Å². The fourth-order valence-electron chi connectivity index (χ4n) is 1.99. The number of fused-ring (bicyclic) bond motifs is 2. The first-order valence-electron chi connectivity index (χ1n) is 5.18. The molecule has 2 aromatic heterocycles. The van der Waals surface area contributed by atoms with Gasteiger partial charge in [0.2, 0.25) is 0 Å². The fraction of sp³-hybridized carbons (Fsp3) is 0.0833. The maximum Gasteiger partial charge on any atom is 0.364 e. The summed E-state index contributed by atoms with van der Waals surface area (Å²) in [7, 11) is 0. The molecule has 84 valence electrons. The Bertz CT molecular complexity index is 746. The van der Waals surface area contributed by atoms with E-state index in [4.69, 9.17) is 0 Å². The largest absolute Gasteiger partial charge is 0.364 e. The van der Waals surface area contributed by atoms with E-state index in [0.29, 0.717) is 5.52 Å². The first-order chi connectivity index (χ1) is 8.13. The van der Waals surface area contributed by atoms with Gasteiger partial charge in [-0.2, -0.15) is 0 Å². The molecule has 0 saturated carbocycles. The van der Waals surface area contributed by atoms with Crippen molar-refractivity contribution in [1.82, 2.24) is 9.97 Å². The summed E-state index contributed by atoms with van der Waals surface area (Å²) < 4.78 is 0. The number of H-pyrrole nitrogens is 1. The molecule has 0 radical (unpaired) electrons. The van der Waals surface area contributed by atoms with Crippen molar-refractivity contribution in [1.29, 1.82) is 0 Å². The molecule has 0 bridgehead atoms. The zero-order chi connectivity index (χ0) is 12.0. The third-order valence-corrected chi connectivity index (χ3v) is 2.74. The van der Waals surface area contributed by atoms with E-state index in [0.717, 1.165) is 22.0 Å². The van der Waals surface area contributed by atoms with Crippen molar-refractivity contribution in [3.8, 4) is 0 Å². The second-order valence-electron chi connectivity index (χ2n) is 4.01. The molecule has 3 rings (SSSR count). The van der Waals surface area contributed by atoms with Crippen molar-refractivity contribution in [3.05, 3.63) is 46.1 Å². The van der Waals surface area contributed by atoms with Crippen LogP contribution in [0.4, 0.5) is 5.82 Å². The number of pyridine rings is 1. The summed E-state index contributed by atoms with van der Waals surface area (Å²) in [5, 5.41) is 12.6. The first kappa shape index (κ1) is 9.77. The van der Waals surface area contributed by atoms with E-state index in [9.17, 15) is 10.1 Å². The molecule has 2 heterocycles. The monoisotopic (exact) mass is 227 g/mol. The van der Waals surface area contributed by atoms with Gasteiger partial charge in [-0.1, -0.05) is 0 Å². The summed E-state index contributed by atoms with van der Waals surface area (Å²) in [5.41, 5.74) is 2.72. The van der Waals surface area contributed by atoms with E-state index in [-0.39, 0.29) is 5.82 Å². The van der Waals surface area contributed by atoms with E-state index in [2.05, 4.69) is 9.97 Å². The minimum atomic E-state index is -0.480. The van der Waals surface area contributed by atoms with Crippen LogP contribution in [-0.4, -0.2) is 14.9 Å². The lowest BCUT2D eigenvalue weighted by Gasteiger charge is -1.95. The number of hydrogen-bond donors (Lipinski definition) is 1. The standard InChI is InChI=1S/C12H9N3O2/c1-7-4-9-6-10-8(5-11(9)13-7)2-3-12(14-10)15(16)17/h2-6,13H,1H3. The summed E-state index contributed by atoms with van der Waals surface area (Å²) in [6, 6.07) is 8.95. The highest BCUT2D eigenvalue weighted by Gasteiger charge is 2.10. The number of nitrogens with zero attached hydrogens (tertiary/aromatic N) is 2. The summed E-state index contributed by atoms with van der Waals surface area (Å²) >= 11 is 0. The topological polar surface area (TPSA) is 71.8 Å². The lowest BCUT2D eigenvalue weighted by Crippen LogP contribution is -1.91. The van der Waals surface area contributed by atoms with E-state index >= 15 is 0 Å². The number of aromatic amines is 1. The van der Waals surface area contributed by atoms with Gasteiger partial charge < -0.3 is 15.1 Å². The molecule has 3 aromatic rings. The number of benzene rings is 1. The average molecular weight is 227 g/mol. The molecule has 0 aliphatic rings. The maximum absolute atomic E-state index is 10.6. The van der Waals surface area contributed by atoms with Gasteiger partial charge in [0, 0.05) is 28.0 Å². The lowest BCUT2D eigenvalue weighted by atomic mass is 10.1. The number of aromatic nitrogens is 2. The van der Waals surface area contributed by atoms with Crippen LogP contribution < -0.4 is 0 Å². The molecule has 1 N–H and O–H groups in total. The molecular weight excluding hydrogens is 218 g/mol. The molecule has 0 aliphatic carbocycles. The fourth-order valence-corrected chi connectivity index (χ4v) is 1.99. The van der Waals surface area contributed by atoms with Crippen LogP contribution in [0.1, 0.15) is 5.69 Å². The van der Waals surface area contributed by atoms with Crippen LogP contribution in [0.5, 0.6) is 0 Å². The highest BCUT2D eigenvalue weighted by molar-refractivity contribution is 5.95. The molecule has 0 unspecified atom stereocenters. The third kappa shape index (κ3) is 1.52. The van der Waals surface area contributed by atoms with Crippen LogP contribution in [-0.2, 0) is 0 Å². The first-order valence-corrected chi connectivity index (χ1v) is 5.18. The van der Waals surface area contributed by atoms with Crippen molar-refractivity contribution >= 4 is 27.6 Å². The molecule has 5 nitrogen and oxygen atoms in total. The average Bonchev–Trinajstić information content (AvgIpc) is 2.63. The van der Waals surface area contributed by atoms with Crippen LogP contribution in [0.3, 0.4) is 0 Å². The highest BCUT2D eigenvalue weighted by Crippen LogP contribution is 2.23. The quantitative estimate of drug-likeness (QED) is 0.513. The molecule has 0 aliphatic heterocycles. The van der Waals surface area contributed by atoms with Crippen molar-refractivity contribution in [2.24, 2.45) is 0 Å². The zero-order valence-corrected chi connectivity index (χ0v) is 9.10. The number of aryl methyl sites for hydroxylation is 1. The Hall–Kier alpha value is -2.43. The lowest BCUT2D eigenvalue weighted by molar-refractivity contribution is -0.389. The van der Waals surface area contributed by atoms with E-state index in [1.54, 1.807) is 6.07 Å². The third-order valence-electron chi connectivity index (χ3n) is 2.74. The van der Waals surface area contributed by atoms with Crippen LogP contribution in [0.25, 0.3) is 21.8 Å². The molecular formula is C12H9N3O2. The van der Waals surface area contributed by atoms with Crippen LogP contribution >= 0.6 is 0 Å². The summed E-state index contributed by atoms with van der Waals surface area (Å²) in [4.78, 5) is 17.4. The Morgan fingerprint density at radius 1 is 1.24 bits per heavy atom. The number of nitro groups is 1. The van der Waals surface area contributed by atoms with Crippen molar-refractivity contribution in [3.63, 3.8) is 0 Å². The maximum atomic E-state index is 10.6. The summed E-state index contributed by atoms with van der Waals surface area (Å²) in [6.07, 6.45) is 0. The van der Waals surface area contributed by atoms with Gasteiger partial charge in [0.15, 0.2) is 5.52 Å².